The minimum Gasteiger partial charge on any atom is -0.462 e. The van der Waals surface area contributed by atoms with E-state index >= 15 is 0 Å². The number of benzene rings is 3. The van der Waals surface area contributed by atoms with Crippen LogP contribution >= 0.6 is 23.1 Å². The molecule has 8 nitrogen and oxygen atoms in total. The summed E-state index contributed by atoms with van der Waals surface area (Å²) in [5, 5.41) is 3.83. The maximum Gasteiger partial charge on any atom is 0.341 e. The third-order valence-corrected chi connectivity index (χ3v) is 9.97. The molecule has 1 atom stereocenters. The number of anilines is 1. The number of ether oxygens (including phenoxy) is 1. The van der Waals surface area contributed by atoms with E-state index in [4.69, 9.17) is 9.72 Å². The average molecular weight is 639 g/mol. The summed E-state index contributed by atoms with van der Waals surface area (Å²) in [6.45, 7) is 8.08. The van der Waals surface area contributed by atoms with Crippen molar-refractivity contribution in [3.05, 3.63) is 116 Å². The zero-order valence-electron chi connectivity index (χ0n) is 25.4. The van der Waals surface area contributed by atoms with Crippen molar-refractivity contribution in [2.45, 2.75) is 50.7 Å². The molecule has 6 rings (SSSR count). The number of carbonyl (C=O) groups is 2. The number of nitrogens with zero attached hydrogens (tertiary/aromatic N) is 3. The topological polar surface area (TPSA) is 93.5 Å². The van der Waals surface area contributed by atoms with E-state index in [1.807, 2.05) is 61.5 Å². The van der Waals surface area contributed by atoms with Crippen molar-refractivity contribution in [3.63, 3.8) is 0 Å². The van der Waals surface area contributed by atoms with Crippen LogP contribution in [0, 0.1) is 6.92 Å². The zero-order chi connectivity index (χ0) is 31.5. The lowest BCUT2D eigenvalue weighted by atomic mass is 10.0. The molecule has 0 spiro atoms. The molecule has 0 aliphatic carbocycles. The fraction of sp³-hybridized carbons (Fsp3) is 0.257. The molecule has 45 heavy (non-hydrogen) atoms. The largest absolute Gasteiger partial charge is 0.462 e. The van der Waals surface area contributed by atoms with Crippen molar-refractivity contribution >= 4 is 50.9 Å². The number of amides is 1. The number of para-hydroxylation sites is 1. The highest BCUT2D eigenvalue weighted by molar-refractivity contribution is 8.00. The summed E-state index contributed by atoms with van der Waals surface area (Å²) in [7, 11) is 0. The molecule has 5 aromatic rings. The first-order valence-corrected chi connectivity index (χ1v) is 16.7. The van der Waals surface area contributed by atoms with E-state index in [0.717, 1.165) is 29.1 Å². The number of thiophene rings is 1. The van der Waals surface area contributed by atoms with Crippen molar-refractivity contribution in [1.29, 1.82) is 0 Å². The maximum absolute atomic E-state index is 13.7. The van der Waals surface area contributed by atoms with E-state index in [-0.39, 0.29) is 18.1 Å². The average Bonchev–Trinajstić information content (AvgIpc) is 3.39. The van der Waals surface area contributed by atoms with Gasteiger partial charge in [0.15, 0.2) is 5.16 Å². The Morgan fingerprint density at radius 2 is 1.78 bits per heavy atom. The van der Waals surface area contributed by atoms with Crippen LogP contribution in [0.1, 0.15) is 45.8 Å². The Balaban J connectivity index is 1.28. The number of nitrogens with one attached hydrogen (secondary N) is 1. The van der Waals surface area contributed by atoms with Crippen LogP contribution in [0.5, 0.6) is 0 Å². The van der Waals surface area contributed by atoms with Crippen LogP contribution in [0.2, 0.25) is 0 Å². The van der Waals surface area contributed by atoms with Gasteiger partial charge in [0.2, 0.25) is 5.91 Å². The van der Waals surface area contributed by atoms with Crippen molar-refractivity contribution in [3.8, 4) is 5.69 Å². The quantitative estimate of drug-likeness (QED) is 0.110. The first-order valence-electron chi connectivity index (χ1n) is 15.0. The number of carbonyl (C=O) groups excluding carboxylic acids is 2. The fourth-order valence-corrected chi connectivity index (χ4v) is 7.69. The molecule has 2 aromatic heterocycles. The van der Waals surface area contributed by atoms with Gasteiger partial charge in [-0.25, -0.2) is 9.78 Å². The first-order chi connectivity index (χ1) is 21.8. The van der Waals surface area contributed by atoms with Gasteiger partial charge in [0.05, 0.1) is 34.0 Å². The van der Waals surface area contributed by atoms with Gasteiger partial charge in [0.25, 0.3) is 5.56 Å². The lowest BCUT2D eigenvalue weighted by Crippen LogP contribution is -2.30. The van der Waals surface area contributed by atoms with E-state index in [2.05, 4.69) is 22.3 Å². The Hall–Kier alpha value is -4.25. The SMILES string of the molecule is CCOC(=O)c1c(NC(=O)[C@H](C)Sc2nc3ccccc3c(=O)n2-c2ccc(C)cc2)sc2c1CCN(Cc1ccccc1)C2. The van der Waals surface area contributed by atoms with E-state index in [0.29, 0.717) is 45.3 Å². The van der Waals surface area contributed by atoms with Gasteiger partial charge >= 0.3 is 5.97 Å². The van der Waals surface area contributed by atoms with Crippen LogP contribution < -0.4 is 10.9 Å². The first kappa shape index (κ1) is 30.8. The third-order valence-electron chi connectivity index (χ3n) is 7.79. The molecule has 3 heterocycles. The summed E-state index contributed by atoms with van der Waals surface area (Å²) < 4.78 is 6.99. The van der Waals surface area contributed by atoms with Crippen molar-refractivity contribution < 1.29 is 14.3 Å². The predicted octanol–water partition coefficient (Wildman–Crippen LogP) is 6.61. The molecule has 1 N–H and O–H groups in total. The minimum atomic E-state index is -0.626. The second-order valence-electron chi connectivity index (χ2n) is 11.0. The Kier molecular flexibility index (Phi) is 9.16. The molecule has 3 aromatic carbocycles. The van der Waals surface area contributed by atoms with Crippen molar-refractivity contribution in [1.82, 2.24) is 14.5 Å². The maximum atomic E-state index is 13.7. The number of fused-ring (bicyclic) bond motifs is 2. The monoisotopic (exact) mass is 638 g/mol. The van der Waals surface area contributed by atoms with Gasteiger partial charge in [-0.2, -0.15) is 0 Å². The standard InChI is InChI=1S/C35H34N4O4S2/c1-4-43-34(42)30-27-18-19-38(20-24-10-6-5-7-11-24)21-29(27)45-32(30)37-31(40)23(3)44-35-36-28-13-9-8-12-26(28)33(41)39(35)25-16-14-22(2)15-17-25/h5-17,23H,4,18-21H2,1-3H3,(H,37,40)/t23-/m0/s1. The van der Waals surface area contributed by atoms with E-state index in [9.17, 15) is 14.4 Å². The lowest BCUT2D eigenvalue weighted by molar-refractivity contribution is -0.115. The molecule has 0 unspecified atom stereocenters. The number of rotatable bonds is 9. The second kappa shape index (κ2) is 13.4. The highest BCUT2D eigenvalue weighted by Gasteiger charge is 2.31. The van der Waals surface area contributed by atoms with Gasteiger partial charge in [0.1, 0.15) is 5.00 Å². The molecule has 0 bridgehead atoms. The molecule has 10 heteroatoms. The van der Waals surface area contributed by atoms with Gasteiger partial charge in [-0.05, 0) is 62.6 Å². The molecular weight excluding hydrogens is 605 g/mol. The van der Waals surface area contributed by atoms with Crippen LogP contribution in [0.15, 0.2) is 88.8 Å². The normalized spacial score (nSPS) is 13.8. The third kappa shape index (κ3) is 6.58. The molecule has 1 aliphatic heterocycles. The van der Waals surface area contributed by atoms with Gasteiger partial charge in [-0.15, -0.1) is 11.3 Å². The Morgan fingerprint density at radius 3 is 2.53 bits per heavy atom. The molecular formula is C35H34N4O4S2. The zero-order valence-corrected chi connectivity index (χ0v) is 27.0. The molecule has 0 saturated heterocycles. The van der Waals surface area contributed by atoms with Crippen molar-refractivity contribution in [2.24, 2.45) is 0 Å². The number of hydrogen-bond acceptors (Lipinski definition) is 8. The fourth-order valence-electron chi connectivity index (χ4n) is 5.48. The number of aromatic nitrogens is 2. The highest BCUT2D eigenvalue weighted by Crippen LogP contribution is 2.38. The summed E-state index contributed by atoms with van der Waals surface area (Å²) in [6, 6.07) is 25.2. The van der Waals surface area contributed by atoms with Crippen LogP contribution in [-0.2, 0) is 29.0 Å². The number of thioether (sulfide) groups is 1. The van der Waals surface area contributed by atoms with E-state index < -0.39 is 11.2 Å². The molecule has 0 radical (unpaired) electrons. The van der Waals surface area contributed by atoms with E-state index in [1.165, 1.54) is 28.7 Å². The molecule has 230 valence electrons. The predicted molar refractivity (Wildman–Crippen MR) is 181 cm³/mol. The molecule has 0 saturated carbocycles. The van der Waals surface area contributed by atoms with Crippen LogP contribution in [-0.4, -0.2) is 44.7 Å². The van der Waals surface area contributed by atoms with Crippen LogP contribution in [0.25, 0.3) is 16.6 Å². The summed E-state index contributed by atoms with van der Waals surface area (Å²) in [5.41, 5.74) is 4.74. The van der Waals surface area contributed by atoms with Crippen molar-refractivity contribution in [2.75, 3.05) is 18.5 Å². The Labute approximate surface area is 270 Å². The summed E-state index contributed by atoms with van der Waals surface area (Å²) in [4.78, 5) is 48.7. The lowest BCUT2D eigenvalue weighted by Gasteiger charge is -2.27. The van der Waals surface area contributed by atoms with Crippen LogP contribution in [0.4, 0.5) is 5.00 Å². The van der Waals surface area contributed by atoms with Gasteiger partial charge < -0.3 is 10.1 Å². The van der Waals surface area contributed by atoms with E-state index in [1.54, 1.807) is 30.5 Å². The number of hydrogen-bond donors (Lipinski definition) is 1. The Morgan fingerprint density at radius 1 is 1.04 bits per heavy atom. The summed E-state index contributed by atoms with van der Waals surface area (Å²) in [6.07, 6.45) is 0.691. The smallest absolute Gasteiger partial charge is 0.341 e. The number of aryl methyl sites for hydroxylation is 1. The van der Waals surface area contributed by atoms with Gasteiger partial charge in [0, 0.05) is 24.5 Å². The van der Waals surface area contributed by atoms with Gasteiger partial charge in [-0.1, -0.05) is 71.9 Å². The number of esters is 1. The minimum absolute atomic E-state index is 0.199. The summed E-state index contributed by atoms with van der Waals surface area (Å²) in [5.74, 6) is -0.713. The van der Waals surface area contributed by atoms with Crippen LogP contribution in [0.3, 0.4) is 0 Å². The Bertz CT molecular complexity index is 1920. The van der Waals surface area contributed by atoms with Gasteiger partial charge in [-0.3, -0.25) is 19.1 Å². The summed E-state index contributed by atoms with van der Waals surface area (Å²) >= 11 is 2.64. The molecule has 0 fully saturated rings. The molecule has 1 aliphatic rings. The molecule has 1 amide bonds. The second-order valence-corrected chi connectivity index (χ2v) is 13.4. The highest BCUT2D eigenvalue weighted by atomic mass is 32.2.